The fraction of sp³-hybridized carbons (Fsp3) is 0.562. The lowest BCUT2D eigenvalue weighted by Crippen LogP contribution is -2.34. The van der Waals surface area contributed by atoms with Crippen LogP contribution in [-0.4, -0.2) is 58.1 Å². The van der Waals surface area contributed by atoms with Crippen molar-refractivity contribution in [3.05, 3.63) is 35.4 Å². The molecule has 1 heterocycles. The van der Waals surface area contributed by atoms with E-state index in [9.17, 15) is 13.2 Å². The quantitative estimate of drug-likeness (QED) is 0.803. The molecule has 0 radical (unpaired) electrons. The fourth-order valence-electron chi connectivity index (χ4n) is 2.65. The Balaban J connectivity index is 1.94. The van der Waals surface area contributed by atoms with E-state index >= 15 is 0 Å². The summed E-state index contributed by atoms with van der Waals surface area (Å²) >= 11 is 0. The van der Waals surface area contributed by atoms with Crippen molar-refractivity contribution in [2.45, 2.75) is 18.8 Å². The van der Waals surface area contributed by atoms with Crippen LogP contribution in [0.1, 0.15) is 34.7 Å². The summed E-state index contributed by atoms with van der Waals surface area (Å²) in [7, 11) is -0.321. The van der Waals surface area contributed by atoms with E-state index in [0.29, 0.717) is 11.5 Å². The Kier molecular flexibility index (Phi) is 6.15. The highest BCUT2D eigenvalue weighted by Gasteiger charge is 2.17. The molecule has 1 atom stereocenters. The first kappa shape index (κ1) is 17.9. The van der Waals surface area contributed by atoms with Gasteiger partial charge in [0.1, 0.15) is 0 Å². The minimum Gasteiger partial charge on any atom is -0.351 e. The second-order valence-electron chi connectivity index (χ2n) is 6.02. The van der Waals surface area contributed by atoms with Crippen molar-refractivity contribution in [2.24, 2.45) is 0 Å². The highest BCUT2D eigenvalue weighted by Crippen LogP contribution is 2.23. The summed E-state index contributed by atoms with van der Waals surface area (Å²) in [6.07, 6.45) is 2.27. The number of piperidine rings is 1. The third-order valence-electron chi connectivity index (χ3n) is 4.12. The van der Waals surface area contributed by atoms with Crippen molar-refractivity contribution < 1.29 is 13.2 Å². The largest absolute Gasteiger partial charge is 0.351 e. The van der Waals surface area contributed by atoms with Gasteiger partial charge in [0.15, 0.2) is 0 Å². The molecule has 128 valence electrons. The van der Waals surface area contributed by atoms with Crippen molar-refractivity contribution in [2.75, 3.05) is 39.5 Å². The Morgan fingerprint density at radius 3 is 2.83 bits per heavy atom. The molecule has 1 aliphatic rings. The number of nitrogens with zero attached hydrogens (tertiary/aromatic N) is 1. The van der Waals surface area contributed by atoms with Crippen LogP contribution >= 0.6 is 0 Å². The van der Waals surface area contributed by atoms with Gasteiger partial charge in [-0.25, -0.2) is 12.7 Å². The molecule has 1 fully saturated rings. The normalized spacial score (nSPS) is 18.8. The molecule has 0 spiro atoms. The van der Waals surface area contributed by atoms with Crippen LogP contribution < -0.4 is 10.6 Å². The third-order valence-corrected chi connectivity index (χ3v) is 5.95. The number of rotatable bonds is 6. The molecular weight excluding hydrogens is 314 g/mol. The second kappa shape index (κ2) is 7.90. The highest BCUT2D eigenvalue weighted by molar-refractivity contribution is 7.89. The molecule has 23 heavy (non-hydrogen) atoms. The molecule has 0 aromatic heterocycles. The van der Waals surface area contributed by atoms with Gasteiger partial charge < -0.3 is 10.6 Å². The average Bonchev–Trinajstić information content (AvgIpc) is 2.55. The molecule has 0 bridgehead atoms. The van der Waals surface area contributed by atoms with E-state index in [-0.39, 0.29) is 18.2 Å². The predicted octanol–water partition coefficient (Wildman–Crippen LogP) is 0.775. The summed E-state index contributed by atoms with van der Waals surface area (Å²) in [4.78, 5) is 12.2. The van der Waals surface area contributed by atoms with E-state index < -0.39 is 10.0 Å². The summed E-state index contributed by atoms with van der Waals surface area (Å²) in [5, 5.41) is 6.05. The maximum Gasteiger partial charge on any atom is 0.251 e. The summed E-state index contributed by atoms with van der Waals surface area (Å²) in [6, 6.07) is 7.60. The maximum absolute atomic E-state index is 12.2. The molecular formula is C16H25N3O3S. The summed E-state index contributed by atoms with van der Waals surface area (Å²) in [5.74, 6) is 0.105. The lowest BCUT2D eigenvalue weighted by molar-refractivity contribution is 0.0956. The minimum absolute atomic E-state index is 0.0992. The van der Waals surface area contributed by atoms with E-state index in [0.717, 1.165) is 35.8 Å². The molecule has 1 aliphatic heterocycles. The zero-order valence-electron chi connectivity index (χ0n) is 13.7. The number of carbonyl (C=O) groups excluding carboxylic acids is 1. The molecule has 1 aromatic carbocycles. The Morgan fingerprint density at radius 2 is 2.17 bits per heavy atom. The first-order chi connectivity index (χ1) is 10.9. The number of amides is 1. The number of nitrogens with one attached hydrogen (secondary N) is 2. The van der Waals surface area contributed by atoms with Crippen LogP contribution in [0.15, 0.2) is 24.3 Å². The van der Waals surface area contributed by atoms with E-state index in [1.807, 2.05) is 18.2 Å². The first-order valence-corrected chi connectivity index (χ1v) is 9.50. The highest BCUT2D eigenvalue weighted by atomic mass is 32.2. The third kappa shape index (κ3) is 5.02. The van der Waals surface area contributed by atoms with Gasteiger partial charge in [0, 0.05) is 32.7 Å². The molecule has 2 N–H and O–H groups in total. The standard InChI is InChI=1S/C16H25N3O3S/c1-19(2)23(21,22)10-9-18-16(20)14-6-3-5-13(11-14)15-7-4-8-17-12-15/h3,5-6,11,15,17H,4,7-10,12H2,1-2H3,(H,18,20)/t15-/m0/s1. The summed E-state index contributed by atoms with van der Waals surface area (Å²) in [6.45, 7) is 2.09. The van der Waals surface area contributed by atoms with E-state index in [2.05, 4.69) is 10.6 Å². The Morgan fingerprint density at radius 1 is 1.39 bits per heavy atom. The van der Waals surface area contributed by atoms with Gasteiger partial charge in [-0.2, -0.15) is 0 Å². The van der Waals surface area contributed by atoms with Crippen molar-refractivity contribution in [1.29, 1.82) is 0 Å². The Bertz CT molecular complexity index is 638. The predicted molar refractivity (Wildman–Crippen MR) is 91.1 cm³/mol. The smallest absolute Gasteiger partial charge is 0.251 e. The van der Waals surface area contributed by atoms with Gasteiger partial charge in [0.25, 0.3) is 5.91 Å². The van der Waals surface area contributed by atoms with Gasteiger partial charge in [0.2, 0.25) is 10.0 Å². The monoisotopic (exact) mass is 339 g/mol. The van der Waals surface area contributed by atoms with E-state index in [4.69, 9.17) is 0 Å². The van der Waals surface area contributed by atoms with Crippen molar-refractivity contribution in [1.82, 2.24) is 14.9 Å². The maximum atomic E-state index is 12.2. The molecule has 1 saturated heterocycles. The molecule has 7 heteroatoms. The van der Waals surface area contributed by atoms with Crippen LogP contribution in [0.5, 0.6) is 0 Å². The Labute approximate surface area is 138 Å². The summed E-state index contributed by atoms with van der Waals surface area (Å²) < 4.78 is 24.5. The zero-order chi connectivity index (χ0) is 16.9. The molecule has 2 rings (SSSR count). The van der Waals surface area contributed by atoms with Crippen LogP contribution in [0.25, 0.3) is 0 Å². The minimum atomic E-state index is -3.29. The van der Waals surface area contributed by atoms with Crippen molar-refractivity contribution in [3.63, 3.8) is 0 Å². The Hall–Kier alpha value is -1.44. The molecule has 6 nitrogen and oxygen atoms in total. The summed E-state index contributed by atoms with van der Waals surface area (Å²) in [5.41, 5.74) is 1.74. The average molecular weight is 339 g/mol. The molecule has 0 saturated carbocycles. The van der Waals surface area contributed by atoms with Gasteiger partial charge in [-0.3, -0.25) is 4.79 Å². The van der Waals surface area contributed by atoms with Crippen LogP contribution in [0.2, 0.25) is 0 Å². The van der Waals surface area contributed by atoms with Gasteiger partial charge in [-0.1, -0.05) is 12.1 Å². The van der Waals surface area contributed by atoms with E-state index in [1.165, 1.54) is 14.1 Å². The number of carbonyl (C=O) groups is 1. The molecule has 0 unspecified atom stereocenters. The van der Waals surface area contributed by atoms with Gasteiger partial charge in [0.05, 0.1) is 5.75 Å². The van der Waals surface area contributed by atoms with Gasteiger partial charge >= 0.3 is 0 Å². The van der Waals surface area contributed by atoms with Crippen LogP contribution in [0.4, 0.5) is 0 Å². The molecule has 0 aliphatic carbocycles. The number of sulfonamides is 1. The molecule has 1 amide bonds. The second-order valence-corrected chi connectivity index (χ2v) is 8.33. The topological polar surface area (TPSA) is 78.5 Å². The lowest BCUT2D eigenvalue weighted by atomic mass is 9.90. The number of hydrogen-bond acceptors (Lipinski definition) is 4. The van der Waals surface area contributed by atoms with Gasteiger partial charge in [-0.15, -0.1) is 0 Å². The number of benzene rings is 1. The van der Waals surface area contributed by atoms with Crippen LogP contribution in [-0.2, 0) is 10.0 Å². The SMILES string of the molecule is CN(C)S(=O)(=O)CCNC(=O)c1cccc([C@H]2CCCNC2)c1. The zero-order valence-corrected chi connectivity index (χ0v) is 14.5. The number of hydrogen-bond donors (Lipinski definition) is 2. The van der Waals surface area contributed by atoms with Crippen LogP contribution in [0, 0.1) is 0 Å². The van der Waals surface area contributed by atoms with Gasteiger partial charge in [-0.05, 0) is 43.0 Å². The van der Waals surface area contributed by atoms with Crippen LogP contribution in [0.3, 0.4) is 0 Å². The molecule has 1 aromatic rings. The fourth-order valence-corrected chi connectivity index (χ4v) is 3.37. The first-order valence-electron chi connectivity index (χ1n) is 7.89. The lowest BCUT2D eigenvalue weighted by Gasteiger charge is -2.23. The van der Waals surface area contributed by atoms with E-state index in [1.54, 1.807) is 6.07 Å². The van der Waals surface area contributed by atoms with Crippen molar-refractivity contribution in [3.8, 4) is 0 Å². The van der Waals surface area contributed by atoms with Crippen molar-refractivity contribution >= 4 is 15.9 Å².